The van der Waals surface area contributed by atoms with Gasteiger partial charge in [-0.05, 0) is 45.7 Å². The van der Waals surface area contributed by atoms with Crippen LogP contribution in [0.2, 0.25) is 5.28 Å². The minimum Gasteiger partial charge on any atom is -0.444 e. The normalized spacial score (nSPS) is 18.7. The Balaban J connectivity index is 1.93. The lowest BCUT2D eigenvalue weighted by Crippen LogP contribution is -2.40. The van der Waals surface area contributed by atoms with Gasteiger partial charge in [-0.2, -0.15) is 0 Å². The van der Waals surface area contributed by atoms with Crippen LogP contribution >= 0.6 is 11.6 Å². The maximum atomic E-state index is 11.8. The molecule has 2 heterocycles. The third kappa shape index (κ3) is 4.74. The number of aromatic nitrogens is 2. The molecule has 1 amide bonds. The number of carbonyl (C=O) groups excluding carboxylic acids is 1. The number of hydrogen-bond donors (Lipinski definition) is 1. The molecule has 0 unspecified atom stereocenters. The number of halogens is 1. The van der Waals surface area contributed by atoms with Crippen LogP contribution in [0.15, 0.2) is 6.07 Å². The molecular weight excluding hydrogens is 292 g/mol. The van der Waals surface area contributed by atoms with Crippen molar-refractivity contribution in [1.29, 1.82) is 0 Å². The minimum atomic E-state index is -0.486. The minimum absolute atomic E-state index is 0.0499. The van der Waals surface area contributed by atoms with Crippen LogP contribution in [-0.4, -0.2) is 40.8 Å². The van der Waals surface area contributed by atoms with Crippen LogP contribution < -0.4 is 10.2 Å². The van der Waals surface area contributed by atoms with Gasteiger partial charge in [0.2, 0.25) is 5.28 Å². The van der Waals surface area contributed by atoms with Crippen molar-refractivity contribution in [3.63, 3.8) is 0 Å². The number of hydrogen-bond acceptors (Lipinski definition) is 5. The molecule has 1 aliphatic heterocycles. The number of rotatable bonds is 2. The lowest BCUT2D eigenvalue weighted by atomic mass is 10.2. The summed E-state index contributed by atoms with van der Waals surface area (Å²) in [6.07, 6.45) is 0.464. The van der Waals surface area contributed by atoms with Crippen molar-refractivity contribution in [3.8, 4) is 0 Å². The highest BCUT2D eigenvalue weighted by atomic mass is 35.5. The Labute approximate surface area is 129 Å². The summed E-state index contributed by atoms with van der Waals surface area (Å²) in [5.41, 5.74) is 0.341. The van der Waals surface area contributed by atoms with Gasteiger partial charge in [-0.3, -0.25) is 0 Å². The molecule has 21 heavy (non-hydrogen) atoms. The number of nitrogens with zero attached hydrogens (tertiary/aromatic N) is 3. The van der Waals surface area contributed by atoms with E-state index in [4.69, 9.17) is 16.3 Å². The first-order valence-corrected chi connectivity index (χ1v) is 7.36. The van der Waals surface area contributed by atoms with E-state index in [2.05, 4.69) is 20.2 Å². The smallest absolute Gasteiger partial charge is 0.407 e. The maximum absolute atomic E-state index is 11.8. The molecule has 1 fully saturated rings. The fraction of sp³-hybridized carbons (Fsp3) is 0.643. The van der Waals surface area contributed by atoms with E-state index in [1.54, 1.807) is 0 Å². The van der Waals surface area contributed by atoms with Crippen molar-refractivity contribution in [1.82, 2.24) is 15.3 Å². The molecule has 1 aromatic heterocycles. The molecule has 6 nitrogen and oxygen atoms in total. The third-order valence-electron chi connectivity index (χ3n) is 3.05. The number of nitrogens with one attached hydrogen (secondary N) is 1. The Kier molecular flexibility index (Phi) is 4.56. The van der Waals surface area contributed by atoms with Crippen molar-refractivity contribution in [2.75, 3.05) is 18.0 Å². The van der Waals surface area contributed by atoms with Gasteiger partial charge in [-0.25, -0.2) is 14.8 Å². The summed E-state index contributed by atoms with van der Waals surface area (Å²) in [5, 5.41) is 3.13. The molecule has 1 aliphatic rings. The molecule has 0 saturated carbocycles. The van der Waals surface area contributed by atoms with Gasteiger partial charge < -0.3 is 15.0 Å². The van der Waals surface area contributed by atoms with Crippen molar-refractivity contribution in [2.24, 2.45) is 0 Å². The van der Waals surface area contributed by atoms with Gasteiger partial charge in [0.1, 0.15) is 11.4 Å². The molecule has 0 bridgehead atoms. The number of anilines is 1. The first kappa shape index (κ1) is 15.8. The summed E-state index contributed by atoms with van der Waals surface area (Å²) in [6.45, 7) is 8.92. The fourth-order valence-electron chi connectivity index (χ4n) is 2.24. The molecule has 0 spiro atoms. The summed E-state index contributed by atoms with van der Waals surface area (Å²) in [4.78, 5) is 22.1. The number of alkyl carbamates (subject to hydrolysis) is 1. The standard InChI is InChI=1S/C14H21ClN4O2/c1-9-7-11(18-12(15)16-9)19-6-5-10(8-19)17-13(20)21-14(2,3)4/h7,10H,5-6,8H2,1-4H3,(H,17,20)/t10-/m0/s1. The van der Waals surface area contributed by atoms with Crippen LogP contribution in [-0.2, 0) is 4.74 Å². The van der Waals surface area contributed by atoms with Gasteiger partial charge in [0, 0.05) is 24.8 Å². The second-order valence-corrected chi connectivity index (χ2v) is 6.55. The van der Waals surface area contributed by atoms with Crippen molar-refractivity contribution in [2.45, 2.75) is 45.8 Å². The molecule has 0 aliphatic carbocycles. The average molecular weight is 313 g/mol. The third-order valence-corrected chi connectivity index (χ3v) is 3.22. The topological polar surface area (TPSA) is 67.4 Å². The number of carbonyl (C=O) groups is 1. The highest BCUT2D eigenvalue weighted by molar-refractivity contribution is 6.28. The van der Waals surface area contributed by atoms with Crippen LogP contribution in [0.25, 0.3) is 0 Å². The Morgan fingerprint density at radius 3 is 2.81 bits per heavy atom. The molecule has 116 valence electrons. The highest BCUT2D eigenvalue weighted by Gasteiger charge is 2.27. The lowest BCUT2D eigenvalue weighted by molar-refractivity contribution is 0.0509. The lowest BCUT2D eigenvalue weighted by Gasteiger charge is -2.22. The SMILES string of the molecule is Cc1cc(N2CC[C@H](NC(=O)OC(C)(C)C)C2)nc(Cl)n1. The average Bonchev–Trinajstić information content (AvgIpc) is 2.73. The molecule has 2 rings (SSSR count). The molecule has 1 aromatic rings. The number of ether oxygens (including phenoxy) is 1. The predicted molar refractivity (Wildman–Crippen MR) is 81.8 cm³/mol. The van der Waals surface area contributed by atoms with Gasteiger partial charge >= 0.3 is 6.09 Å². The fourth-order valence-corrected chi connectivity index (χ4v) is 2.46. The van der Waals surface area contributed by atoms with E-state index in [0.717, 1.165) is 24.5 Å². The zero-order valence-electron chi connectivity index (χ0n) is 12.8. The van der Waals surface area contributed by atoms with Crippen LogP contribution in [0, 0.1) is 6.92 Å². The van der Waals surface area contributed by atoms with E-state index in [9.17, 15) is 4.79 Å². The monoisotopic (exact) mass is 312 g/mol. The Hall–Kier alpha value is -1.56. The molecular formula is C14H21ClN4O2. The van der Waals surface area contributed by atoms with E-state index in [1.165, 1.54) is 0 Å². The zero-order valence-corrected chi connectivity index (χ0v) is 13.6. The first-order valence-electron chi connectivity index (χ1n) is 6.98. The van der Waals surface area contributed by atoms with Crippen molar-refractivity contribution >= 4 is 23.5 Å². The van der Waals surface area contributed by atoms with Crippen LogP contribution in [0.5, 0.6) is 0 Å². The number of aryl methyl sites for hydroxylation is 1. The quantitative estimate of drug-likeness (QED) is 0.850. The predicted octanol–water partition coefficient (Wildman–Crippen LogP) is 2.54. The van der Waals surface area contributed by atoms with Crippen LogP contribution in [0.1, 0.15) is 32.9 Å². The largest absolute Gasteiger partial charge is 0.444 e. The summed E-state index contributed by atoms with van der Waals surface area (Å²) in [6, 6.07) is 1.94. The molecule has 0 aromatic carbocycles. The van der Waals surface area contributed by atoms with Gasteiger partial charge in [0.15, 0.2) is 0 Å². The van der Waals surface area contributed by atoms with E-state index >= 15 is 0 Å². The van der Waals surface area contributed by atoms with Gasteiger partial charge in [-0.1, -0.05) is 0 Å². The molecule has 7 heteroatoms. The molecule has 1 N–H and O–H groups in total. The van der Waals surface area contributed by atoms with Crippen molar-refractivity contribution in [3.05, 3.63) is 17.0 Å². The summed E-state index contributed by atoms with van der Waals surface area (Å²) in [5.74, 6) is 0.793. The summed E-state index contributed by atoms with van der Waals surface area (Å²) < 4.78 is 5.26. The van der Waals surface area contributed by atoms with Crippen LogP contribution in [0.3, 0.4) is 0 Å². The highest BCUT2D eigenvalue weighted by Crippen LogP contribution is 2.20. The van der Waals surface area contributed by atoms with E-state index in [1.807, 2.05) is 33.8 Å². The Morgan fingerprint density at radius 2 is 2.19 bits per heavy atom. The summed E-state index contributed by atoms with van der Waals surface area (Å²) in [7, 11) is 0. The first-order chi connectivity index (χ1) is 9.73. The summed E-state index contributed by atoms with van der Waals surface area (Å²) >= 11 is 5.88. The maximum Gasteiger partial charge on any atom is 0.407 e. The van der Waals surface area contributed by atoms with E-state index in [0.29, 0.717) is 6.54 Å². The van der Waals surface area contributed by atoms with Gasteiger partial charge in [0.05, 0.1) is 6.04 Å². The second kappa shape index (κ2) is 6.05. The van der Waals surface area contributed by atoms with E-state index in [-0.39, 0.29) is 17.4 Å². The number of amides is 1. The molecule has 1 saturated heterocycles. The second-order valence-electron chi connectivity index (χ2n) is 6.21. The molecule has 1 atom stereocenters. The Bertz CT molecular complexity index is 510. The molecule has 0 radical (unpaired) electrons. The van der Waals surface area contributed by atoms with E-state index < -0.39 is 5.60 Å². The van der Waals surface area contributed by atoms with Gasteiger partial charge in [0.25, 0.3) is 0 Å². The van der Waals surface area contributed by atoms with Gasteiger partial charge in [-0.15, -0.1) is 0 Å². The zero-order chi connectivity index (χ0) is 15.6. The van der Waals surface area contributed by atoms with Crippen molar-refractivity contribution < 1.29 is 9.53 Å². The van der Waals surface area contributed by atoms with Crippen LogP contribution in [0.4, 0.5) is 10.6 Å². The Morgan fingerprint density at radius 1 is 1.48 bits per heavy atom.